The fourth-order valence-electron chi connectivity index (χ4n) is 2.27. The first-order chi connectivity index (χ1) is 10.3. The molecule has 0 radical (unpaired) electrons. The van der Waals surface area contributed by atoms with Gasteiger partial charge in [0.2, 0.25) is 0 Å². The van der Waals surface area contributed by atoms with E-state index in [4.69, 9.17) is 9.47 Å². The minimum atomic E-state index is -0.159. The third-order valence-electron chi connectivity index (χ3n) is 3.54. The monoisotopic (exact) mass is 282 g/mol. The molecule has 2 aromatic rings. The average molecular weight is 282 g/mol. The molecule has 2 unspecified atom stereocenters. The summed E-state index contributed by atoms with van der Waals surface area (Å²) in [6.45, 7) is 0.550. The summed E-state index contributed by atoms with van der Waals surface area (Å²) < 4.78 is 11.1. The summed E-state index contributed by atoms with van der Waals surface area (Å²) in [7, 11) is 0. The molecule has 0 amide bonds. The van der Waals surface area contributed by atoms with E-state index in [0.29, 0.717) is 19.4 Å². The highest BCUT2D eigenvalue weighted by molar-refractivity contribution is 5.95. The predicted molar refractivity (Wildman–Crippen MR) is 79.9 cm³/mol. The Morgan fingerprint density at radius 2 is 1.67 bits per heavy atom. The maximum atomic E-state index is 12.0. The van der Waals surface area contributed by atoms with Crippen LogP contribution in [0, 0.1) is 0 Å². The summed E-state index contributed by atoms with van der Waals surface area (Å²) in [5.41, 5.74) is 1.90. The molecule has 0 spiro atoms. The van der Waals surface area contributed by atoms with Gasteiger partial charge in [-0.1, -0.05) is 60.7 Å². The molecule has 2 aromatic carbocycles. The standard InChI is InChI=1S/C18H18O3/c19-16(15-9-5-2-6-10-15)11-12-17-18(21-17)20-13-14-7-3-1-4-8-14/h1-10,17-18H,11-13H2. The molecule has 0 N–H and O–H groups in total. The number of carbonyl (C=O) groups excluding carboxylic acids is 1. The number of carbonyl (C=O) groups is 1. The second kappa shape index (κ2) is 6.66. The van der Waals surface area contributed by atoms with Crippen molar-refractivity contribution < 1.29 is 14.3 Å². The van der Waals surface area contributed by atoms with Gasteiger partial charge in [-0.05, 0) is 12.0 Å². The fourth-order valence-corrected chi connectivity index (χ4v) is 2.27. The van der Waals surface area contributed by atoms with Crippen LogP contribution in [0.3, 0.4) is 0 Å². The molecule has 1 saturated heterocycles. The Morgan fingerprint density at radius 3 is 2.38 bits per heavy atom. The minimum Gasteiger partial charge on any atom is -0.345 e. The first-order valence-electron chi connectivity index (χ1n) is 7.22. The van der Waals surface area contributed by atoms with Gasteiger partial charge in [0.05, 0.1) is 6.61 Å². The normalized spacial score (nSPS) is 20.2. The molecule has 108 valence electrons. The Labute approximate surface area is 124 Å². The van der Waals surface area contributed by atoms with Gasteiger partial charge in [0.1, 0.15) is 6.10 Å². The molecule has 1 heterocycles. The molecule has 2 atom stereocenters. The van der Waals surface area contributed by atoms with Crippen LogP contribution in [0.4, 0.5) is 0 Å². The topological polar surface area (TPSA) is 38.8 Å². The SMILES string of the molecule is O=C(CCC1OC1OCc1ccccc1)c1ccccc1. The average Bonchev–Trinajstić information content (AvgIpc) is 3.31. The lowest BCUT2D eigenvalue weighted by molar-refractivity contribution is 0.0385. The van der Waals surface area contributed by atoms with Gasteiger partial charge in [-0.2, -0.15) is 0 Å². The van der Waals surface area contributed by atoms with E-state index in [1.807, 2.05) is 60.7 Å². The number of hydrogen-bond acceptors (Lipinski definition) is 3. The lowest BCUT2D eigenvalue weighted by Gasteiger charge is -2.01. The zero-order valence-electron chi connectivity index (χ0n) is 11.8. The molecule has 3 heteroatoms. The number of epoxide rings is 1. The van der Waals surface area contributed by atoms with Crippen molar-refractivity contribution in [1.29, 1.82) is 0 Å². The fraction of sp³-hybridized carbons (Fsp3) is 0.278. The van der Waals surface area contributed by atoms with Crippen molar-refractivity contribution in [3.8, 4) is 0 Å². The number of ketones is 1. The van der Waals surface area contributed by atoms with Crippen LogP contribution in [-0.4, -0.2) is 18.2 Å². The van der Waals surface area contributed by atoms with Crippen LogP contribution in [0.2, 0.25) is 0 Å². The maximum absolute atomic E-state index is 12.0. The highest BCUT2D eigenvalue weighted by Crippen LogP contribution is 2.29. The maximum Gasteiger partial charge on any atom is 0.184 e. The molecule has 3 rings (SSSR count). The summed E-state index contributed by atoms with van der Waals surface area (Å²) in [6.07, 6.45) is 1.11. The largest absolute Gasteiger partial charge is 0.345 e. The summed E-state index contributed by atoms with van der Waals surface area (Å²) in [6, 6.07) is 19.4. The second-order valence-electron chi connectivity index (χ2n) is 5.17. The molecule has 3 nitrogen and oxygen atoms in total. The molecule has 0 aromatic heterocycles. The van der Waals surface area contributed by atoms with Gasteiger partial charge >= 0.3 is 0 Å². The Bertz CT molecular complexity index is 580. The molecular weight excluding hydrogens is 264 g/mol. The molecule has 1 aliphatic rings. The van der Waals surface area contributed by atoms with Crippen LogP contribution in [0.1, 0.15) is 28.8 Å². The third kappa shape index (κ3) is 4.00. The minimum absolute atomic E-state index is 0.0568. The van der Waals surface area contributed by atoms with Gasteiger partial charge < -0.3 is 9.47 Å². The highest BCUT2D eigenvalue weighted by atomic mass is 16.8. The van der Waals surface area contributed by atoms with Crippen molar-refractivity contribution in [3.05, 3.63) is 71.8 Å². The third-order valence-corrected chi connectivity index (χ3v) is 3.54. The van der Waals surface area contributed by atoms with Crippen LogP contribution < -0.4 is 0 Å². The zero-order chi connectivity index (χ0) is 14.5. The Hall–Kier alpha value is -1.97. The highest BCUT2D eigenvalue weighted by Gasteiger charge is 2.39. The predicted octanol–water partition coefficient (Wildman–Crippen LogP) is 3.59. The van der Waals surface area contributed by atoms with Crippen LogP contribution in [0.25, 0.3) is 0 Å². The quantitative estimate of drug-likeness (QED) is 0.575. The molecule has 1 fully saturated rings. The second-order valence-corrected chi connectivity index (χ2v) is 5.17. The number of rotatable bonds is 7. The van der Waals surface area contributed by atoms with E-state index >= 15 is 0 Å². The lowest BCUT2D eigenvalue weighted by Crippen LogP contribution is -2.04. The summed E-state index contributed by atoms with van der Waals surface area (Å²) in [5.74, 6) is 0.160. The molecular formula is C18H18O3. The molecule has 21 heavy (non-hydrogen) atoms. The van der Waals surface area contributed by atoms with Gasteiger partial charge in [0, 0.05) is 12.0 Å². The van der Waals surface area contributed by atoms with E-state index in [2.05, 4.69) is 0 Å². The number of Topliss-reactive ketones (excluding diaryl/α,β-unsaturated/α-hetero) is 1. The van der Waals surface area contributed by atoms with Crippen molar-refractivity contribution in [1.82, 2.24) is 0 Å². The number of benzene rings is 2. The van der Waals surface area contributed by atoms with E-state index in [-0.39, 0.29) is 18.2 Å². The molecule has 1 aliphatic heterocycles. The molecule has 0 aliphatic carbocycles. The van der Waals surface area contributed by atoms with Crippen molar-refractivity contribution in [2.45, 2.75) is 31.8 Å². The van der Waals surface area contributed by atoms with E-state index in [1.54, 1.807) is 0 Å². The number of ether oxygens (including phenoxy) is 2. The van der Waals surface area contributed by atoms with E-state index in [0.717, 1.165) is 11.1 Å². The van der Waals surface area contributed by atoms with Gasteiger partial charge in [-0.3, -0.25) is 4.79 Å². The van der Waals surface area contributed by atoms with Gasteiger partial charge in [-0.15, -0.1) is 0 Å². The first-order valence-corrected chi connectivity index (χ1v) is 7.22. The molecule has 0 bridgehead atoms. The Kier molecular flexibility index (Phi) is 4.43. The zero-order valence-corrected chi connectivity index (χ0v) is 11.8. The Balaban J connectivity index is 1.38. The van der Waals surface area contributed by atoms with Crippen LogP contribution in [0.15, 0.2) is 60.7 Å². The van der Waals surface area contributed by atoms with Crippen molar-refractivity contribution in [3.63, 3.8) is 0 Å². The molecule has 0 saturated carbocycles. The van der Waals surface area contributed by atoms with Crippen molar-refractivity contribution in [2.75, 3.05) is 0 Å². The lowest BCUT2D eigenvalue weighted by atomic mass is 10.1. The Morgan fingerprint density at radius 1 is 1.00 bits per heavy atom. The smallest absolute Gasteiger partial charge is 0.184 e. The summed E-state index contributed by atoms with van der Waals surface area (Å²) in [5, 5.41) is 0. The first kappa shape index (κ1) is 14.0. The van der Waals surface area contributed by atoms with Gasteiger partial charge in [0.25, 0.3) is 0 Å². The van der Waals surface area contributed by atoms with E-state index in [1.165, 1.54) is 0 Å². The van der Waals surface area contributed by atoms with Crippen LogP contribution >= 0.6 is 0 Å². The van der Waals surface area contributed by atoms with Gasteiger partial charge in [0.15, 0.2) is 12.1 Å². The van der Waals surface area contributed by atoms with E-state index < -0.39 is 0 Å². The number of hydrogen-bond donors (Lipinski definition) is 0. The summed E-state index contributed by atoms with van der Waals surface area (Å²) >= 11 is 0. The summed E-state index contributed by atoms with van der Waals surface area (Å²) in [4.78, 5) is 12.0. The van der Waals surface area contributed by atoms with Crippen molar-refractivity contribution >= 4 is 5.78 Å². The van der Waals surface area contributed by atoms with Crippen molar-refractivity contribution in [2.24, 2.45) is 0 Å². The van der Waals surface area contributed by atoms with Crippen LogP contribution in [0.5, 0.6) is 0 Å². The van der Waals surface area contributed by atoms with Gasteiger partial charge in [-0.25, -0.2) is 0 Å². The van der Waals surface area contributed by atoms with E-state index in [9.17, 15) is 4.79 Å². The van der Waals surface area contributed by atoms with Crippen LogP contribution in [-0.2, 0) is 16.1 Å².